The maximum absolute atomic E-state index is 13.0. The van der Waals surface area contributed by atoms with Gasteiger partial charge in [-0.05, 0) is 49.3 Å². The van der Waals surface area contributed by atoms with E-state index in [1.807, 2.05) is 6.08 Å². The minimum Gasteiger partial charge on any atom is -0.472 e. The molecule has 5 rings (SSSR count). The number of carbonyl (C=O) groups excluding carboxylic acids is 2. The van der Waals surface area contributed by atoms with Crippen molar-refractivity contribution < 1.29 is 23.5 Å². The van der Waals surface area contributed by atoms with E-state index in [2.05, 4.69) is 6.92 Å². The first-order valence-corrected chi connectivity index (χ1v) is 8.53. The Morgan fingerprint density at radius 3 is 2.96 bits per heavy atom. The maximum Gasteiger partial charge on any atom is 0.334 e. The van der Waals surface area contributed by atoms with Crippen molar-refractivity contribution >= 4 is 17.7 Å². The highest BCUT2D eigenvalue weighted by Crippen LogP contribution is 2.60. The van der Waals surface area contributed by atoms with Crippen molar-refractivity contribution in [2.45, 2.75) is 38.7 Å². The first kappa shape index (κ1) is 14.1. The quantitative estimate of drug-likeness (QED) is 0.741. The molecule has 0 aromatic carbocycles. The van der Waals surface area contributed by atoms with Gasteiger partial charge in [0.25, 0.3) is 0 Å². The van der Waals surface area contributed by atoms with E-state index >= 15 is 0 Å². The first-order chi connectivity index (χ1) is 11.6. The standard InChI is InChI=1S/C19H18O5/c1-10-7-14-16-12(17(20)23-14)3-2-4-13(16)19(10)8-15(24-18(19)21)11-5-6-22-9-11/h5-6,8-10,13-14H,2-4,7H2,1H3/t10-,13-,14-,19+/m0/s1. The Morgan fingerprint density at radius 1 is 1.29 bits per heavy atom. The second kappa shape index (κ2) is 4.62. The predicted molar refractivity (Wildman–Crippen MR) is 83.2 cm³/mol. The lowest BCUT2D eigenvalue weighted by Gasteiger charge is -2.46. The molecule has 1 aromatic heterocycles. The lowest BCUT2D eigenvalue weighted by Crippen LogP contribution is -2.49. The van der Waals surface area contributed by atoms with Gasteiger partial charge in [-0.15, -0.1) is 0 Å². The van der Waals surface area contributed by atoms with Gasteiger partial charge >= 0.3 is 11.9 Å². The van der Waals surface area contributed by atoms with Crippen LogP contribution >= 0.6 is 0 Å². The molecule has 2 aliphatic carbocycles. The molecule has 0 bridgehead atoms. The van der Waals surface area contributed by atoms with Gasteiger partial charge in [-0.2, -0.15) is 0 Å². The number of hydrogen-bond donors (Lipinski definition) is 0. The molecule has 5 nitrogen and oxygen atoms in total. The van der Waals surface area contributed by atoms with E-state index in [-0.39, 0.29) is 29.9 Å². The summed E-state index contributed by atoms with van der Waals surface area (Å²) in [6.07, 6.45) is 8.21. The van der Waals surface area contributed by atoms with Gasteiger partial charge < -0.3 is 13.9 Å². The summed E-state index contributed by atoms with van der Waals surface area (Å²) in [6, 6.07) is 1.79. The lowest BCUT2D eigenvalue weighted by molar-refractivity contribution is -0.151. The predicted octanol–water partition coefficient (Wildman–Crippen LogP) is 3.23. The topological polar surface area (TPSA) is 65.7 Å². The Hall–Kier alpha value is -2.30. The van der Waals surface area contributed by atoms with Gasteiger partial charge in [0.2, 0.25) is 0 Å². The maximum atomic E-state index is 13.0. The molecule has 0 unspecified atom stereocenters. The lowest BCUT2D eigenvalue weighted by atomic mass is 9.55. The highest BCUT2D eigenvalue weighted by Gasteiger charge is 2.61. The molecular weight excluding hydrogens is 308 g/mol. The van der Waals surface area contributed by atoms with Crippen LogP contribution in [0.25, 0.3) is 5.76 Å². The molecule has 1 aromatic rings. The molecule has 4 atom stereocenters. The number of hydrogen-bond acceptors (Lipinski definition) is 5. The van der Waals surface area contributed by atoms with Gasteiger partial charge in [0.1, 0.15) is 18.1 Å². The molecule has 1 spiro atoms. The van der Waals surface area contributed by atoms with Crippen LogP contribution in [0.3, 0.4) is 0 Å². The molecule has 24 heavy (non-hydrogen) atoms. The third kappa shape index (κ3) is 1.60. The number of ether oxygens (including phenoxy) is 2. The van der Waals surface area contributed by atoms with Gasteiger partial charge in [-0.1, -0.05) is 6.92 Å². The van der Waals surface area contributed by atoms with Crippen LogP contribution in [0.5, 0.6) is 0 Å². The van der Waals surface area contributed by atoms with Gasteiger partial charge in [-0.3, -0.25) is 4.79 Å². The van der Waals surface area contributed by atoms with Gasteiger partial charge in [0.05, 0.1) is 17.2 Å². The van der Waals surface area contributed by atoms with Crippen LogP contribution in [0.4, 0.5) is 0 Å². The Labute approximate surface area is 139 Å². The normalized spacial score (nSPS) is 37.4. The van der Waals surface area contributed by atoms with Crippen molar-refractivity contribution in [2.24, 2.45) is 17.3 Å². The average Bonchev–Trinajstić information content (AvgIpc) is 3.26. The van der Waals surface area contributed by atoms with Crippen LogP contribution in [0.1, 0.15) is 38.2 Å². The Bertz CT molecular complexity index is 800. The Morgan fingerprint density at radius 2 is 2.17 bits per heavy atom. The number of esters is 2. The molecule has 0 saturated heterocycles. The molecular formula is C19H18O5. The van der Waals surface area contributed by atoms with Crippen molar-refractivity contribution in [2.75, 3.05) is 0 Å². The van der Waals surface area contributed by atoms with E-state index < -0.39 is 5.41 Å². The van der Waals surface area contributed by atoms with Crippen LogP contribution in [0, 0.1) is 17.3 Å². The van der Waals surface area contributed by atoms with Crippen molar-refractivity contribution in [3.05, 3.63) is 41.4 Å². The van der Waals surface area contributed by atoms with Crippen LogP contribution in [-0.2, 0) is 19.1 Å². The molecule has 5 heteroatoms. The molecule has 3 heterocycles. The van der Waals surface area contributed by atoms with Crippen molar-refractivity contribution in [3.63, 3.8) is 0 Å². The van der Waals surface area contributed by atoms with Crippen molar-refractivity contribution in [1.29, 1.82) is 0 Å². The number of rotatable bonds is 1. The van der Waals surface area contributed by atoms with E-state index in [0.717, 1.165) is 36.0 Å². The smallest absolute Gasteiger partial charge is 0.334 e. The Balaban J connectivity index is 1.67. The van der Waals surface area contributed by atoms with Gasteiger partial charge in [-0.25, -0.2) is 4.79 Å². The number of furan rings is 1. The van der Waals surface area contributed by atoms with Crippen LogP contribution in [0.15, 0.2) is 40.2 Å². The zero-order valence-corrected chi connectivity index (χ0v) is 13.4. The fourth-order valence-electron chi connectivity index (χ4n) is 5.05. The van der Waals surface area contributed by atoms with Crippen LogP contribution in [0.2, 0.25) is 0 Å². The number of fused-ring (bicyclic) bond motifs is 1. The highest BCUT2D eigenvalue weighted by molar-refractivity contribution is 5.96. The van der Waals surface area contributed by atoms with Crippen molar-refractivity contribution in [3.8, 4) is 0 Å². The first-order valence-electron chi connectivity index (χ1n) is 8.53. The second-order valence-corrected chi connectivity index (χ2v) is 7.25. The summed E-state index contributed by atoms with van der Waals surface area (Å²) in [4.78, 5) is 25.2. The van der Waals surface area contributed by atoms with Crippen LogP contribution < -0.4 is 0 Å². The minimum atomic E-state index is -0.696. The average molecular weight is 326 g/mol. The number of cyclic esters (lactones) is 1. The summed E-state index contributed by atoms with van der Waals surface area (Å²) < 4.78 is 16.4. The minimum absolute atomic E-state index is 0.00153. The second-order valence-electron chi connectivity index (χ2n) is 7.25. The Kier molecular flexibility index (Phi) is 2.71. The van der Waals surface area contributed by atoms with Gasteiger partial charge in [0, 0.05) is 11.5 Å². The highest BCUT2D eigenvalue weighted by atomic mass is 16.6. The summed E-state index contributed by atoms with van der Waals surface area (Å²) in [5.41, 5.74) is 1.95. The third-order valence-corrected chi connectivity index (χ3v) is 6.18. The molecule has 0 amide bonds. The van der Waals surface area contributed by atoms with E-state index in [1.165, 1.54) is 0 Å². The van der Waals surface area contributed by atoms with Gasteiger partial charge in [0.15, 0.2) is 0 Å². The molecule has 0 N–H and O–H groups in total. The molecule has 4 aliphatic rings. The largest absolute Gasteiger partial charge is 0.472 e. The summed E-state index contributed by atoms with van der Waals surface area (Å²) >= 11 is 0. The third-order valence-electron chi connectivity index (χ3n) is 6.18. The SMILES string of the molecule is C[C@H]1C[C@@H]2OC(=O)C3=C2[C@H](CCC3)[C@@]12C=C(c1ccoc1)OC2=O. The molecule has 0 radical (unpaired) electrons. The fourth-order valence-corrected chi connectivity index (χ4v) is 5.05. The van der Waals surface area contributed by atoms with E-state index in [9.17, 15) is 9.59 Å². The fraction of sp³-hybridized carbons (Fsp3) is 0.474. The molecule has 1 saturated carbocycles. The van der Waals surface area contributed by atoms with Crippen LogP contribution in [-0.4, -0.2) is 18.0 Å². The zero-order chi connectivity index (χ0) is 16.5. The summed E-state index contributed by atoms with van der Waals surface area (Å²) in [5, 5.41) is 0. The summed E-state index contributed by atoms with van der Waals surface area (Å²) in [5.74, 6) is 0.228. The molecule has 2 aliphatic heterocycles. The van der Waals surface area contributed by atoms with E-state index in [1.54, 1.807) is 18.6 Å². The van der Waals surface area contributed by atoms with E-state index in [0.29, 0.717) is 12.2 Å². The number of carbonyl (C=O) groups is 2. The summed E-state index contributed by atoms with van der Waals surface area (Å²) in [6.45, 7) is 2.06. The molecule has 1 fully saturated rings. The van der Waals surface area contributed by atoms with E-state index in [4.69, 9.17) is 13.9 Å². The monoisotopic (exact) mass is 326 g/mol. The zero-order valence-electron chi connectivity index (χ0n) is 13.4. The van der Waals surface area contributed by atoms with Crippen molar-refractivity contribution in [1.82, 2.24) is 0 Å². The molecule has 124 valence electrons. The summed E-state index contributed by atoms with van der Waals surface area (Å²) in [7, 11) is 0.